The van der Waals surface area contributed by atoms with Crippen LogP contribution in [0.15, 0.2) is 24.3 Å². The summed E-state index contributed by atoms with van der Waals surface area (Å²) in [6.45, 7) is 5.38. The summed E-state index contributed by atoms with van der Waals surface area (Å²) in [5.41, 5.74) is 1.12. The number of nitrogens with one attached hydrogen (secondary N) is 2. The maximum absolute atomic E-state index is 12.8. The van der Waals surface area contributed by atoms with Crippen molar-refractivity contribution >= 4 is 23.2 Å². The number of thiocarbonyl (C=S) groups is 1. The normalized spacial score (nSPS) is 22.8. The Balaban J connectivity index is 1.80. The fourth-order valence-electron chi connectivity index (χ4n) is 3.33. The van der Waals surface area contributed by atoms with Gasteiger partial charge in [0.15, 0.2) is 5.11 Å². The van der Waals surface area contributed by atoms with Gasteiger partial charge in [-0.1, -0.05) is 12.1 Å². The van der Waals surface area contributed by atoms with Crippen LogP contribution in [-0.2, 0) is 4.79 Å². The Bertz CT molecular complexity index is 645. The van der Waals surface area contributed by atoms with Crippen LogP contribution in [0.3, 0.4) is 0 Å². The summed E-state index contributed by atoms with van der Waals surface area (Å²) >= 11 is 5.57. The Morgan fingerprint density at radius 1 is 1.32 bits per heavy atom. The van der Waals surface area contributed by atoms with E-state index in [2.05, 4.69) is 21.6 Å². The molecule has 1 aromatic rings. The topological polar surface area (TPSA) is 53.6 Å². The lowest BCUT2D eigenvalue weighted by atomic mass is 9.88. The monoisotopic (exact) mass is 361 g/mol. The first-order valence-electron chi connectivity index (χ1n) is 8.97. The Labute approximate surface area is 155 Å². The van der Waals surface area contributed by atoms with Gasteiger partial charge in [-0.2, -0.15) is 0 Å². The second-order valence-electron chi connectivity index (χ2n) is 7.28. The van der Waals surface area contributed by atoms with Crippen LogP contribution >= 0.6 is 12.2 Å². The number of hydrogen-bond donors (Lipinski definition) is 2. The molecule has 136 valence electrons. The highest BCUT2D eigenvalue weighted by molar-refractivity contribution is 7.80. The van der Waals surface area contributed by atoms with Crippen LogP contribution < -0.4 is 15.4 Å². The van der Waals surface area contributed by atoms with Crippen LogP contribution in [0.1, 0.15) is 38.2 Å². The maximum atomic E-state index is 12.8. The average Bonchev–Trinajstić information content (AvgIpc) is 3.27. The number of nitrogens with zero attached hydrogens (tertiary/aromatic N) is 1. The molecule has 2 N–H and O–H groups in total. The Kier molecular flexibility index (Phi) is 5.47. The van der Waals surface area contributed by atoms with Crippen LogP contribution in [0.25, 0.3) is 0 Å². The molecule has 1 heterocycles. The summed E-state index contributed by atoms with van der Waals surface area (Å²) in [4.78, 5) is 14.9. The van der Waals surface area contributed by atoms with E-state index in [1.54, 1.807) is 7.11 Å². The molecule has 0 spiro atoms. The van der Waals surface area contributed by atoms with Gasteiger partial charge in [-0.3, -0.25) is 4.79 Å². The fourth-order valence-corrected chi connectivity index (χ4v) is 3.65. The van der Waals surface area contributed by atoms with Crippen LogP contribution in [0.5, 0.6) is 5.75 Å². The Hall–Kier alpha value is -1.82. The lowest BCUT2D eigenvalue weighted by Crippen LogP contribution is -2.41. The predicted octanol–water partition coefficient (Wildman–Crippen LogP) is 2.27. The molecule has 6 heteroatoms. The standard InChI is InChI=1S/C19H27N3O2S/c1-12(2)20-18(23)17-11-22(19(25)21-14-7-8-14)10-16(17)13-5-4-6-15(9-13)24-3/h4-6,9,12,14,16-17H,7-8,10-11H2,1-3H3,(H,20,23)(H,21,25). The van der Waals surface area contributed by atoms with Crippen molar-refractivity contribution in [2.45, 2.75) is 44.7 Å². The molecule has 1 saturated heterocycles. The molecule has 2 fully saturated rings. The van der Waals surface area contributed by atoms with Gasteiger partial charge in [0.25, 0.3) is 0 Å². The minimum atomic E-state index is -0.117. The number of carbonyl (C=O) groups excluding carboxylic acids is 1. The zero-order chi connectivity index (χ0) is 18.0. The van der Waals surface area contributed by atoms with Gasteiger partial charge in [0, 0.05) is 31.1 Å². The number of benzene rings is 1. The molecular formula is C19H27N3O2S. The number of hydrogen-bond acceptors (Lipinski definition) is 3. The second-order valence-corrected chi connectivity index (χ2v) is 7.67. The number of ether oxygens (including phenoxy) is 1. The van der Waals surface area contributed by atoms with E-state index in [-0.39, 0.29) is 23.8 Å². The van der Waals surface area contributed by atoms with Crippen LogP contribution in [-0.4, -0.2) is 48.2 Å². The summed E-state index contributed by atoms with van der Waals surface area (Å²) in [6.07, 6.45) is 2.37. The molecule has 1 aliphatic carbocycles. The SMILES string of the molecule is COc1cccc(C2CN(C(=S)NC3CC3)CC2C(=O)NC(C)C)c1. The van der Waals surface area contributed by atoms with Crippen molar-refractivity contribution < 1.29 is 9.53 Å². The zero-order valence-corrected chi connectivity index (χ0v) is 15.9. The number of methoxy groups -OCH3 is 1. The second kappa shape index (κ2) is 7.60. The van der Waals surface area contributed by atoms with Gasteiger partial charge >= 0.3 is 0 Å². The minimum Gasteiger partial charge on any atom is -0.497 e. The third-order valence-corrected chi connectivity index (χ3v) is 5.18. The van der Waals surface area contributed by atoms with Crippen molar-refractivity contribution in [1.82, 2.24) is 15.5 Å². The lowest BCUT2D eigenvalue weighted by molar-refractivity contribution is -0.125. The summed E-state index contributed by atoms with van der Waals surface area (Å²) in [5, 5.41) is 7.23. The van der Waals surface area contributed by atoms with Crippen LogP contribution in [0, 0.1) is 5.92 Å². The van der Waals surface area contributed by atoms with Gasteiger partial charge in [0.2, 0.25) is 5.91 Å². The van der Waals surface area contributed by atoms with E-state index in [9.17, 15) is 4.79 Å². The van der Waals surface area contributed by atoms with Crippen LogP contribution in [0.4, 0.5) is 0 Å². The van der Waals surface area contributed by atoms with E-state index in [0.717, 1.165) is 23.0 Å². The highest BCUT2D eigenvalue weighted by Crippen LogP contribution is 2.35. The molecule has 0 aromatic heterocycles. The summed E-state index contributed by atoms with van der Waals surface area (Å²) in [6, 6.07) is 8.66. The number of amides is 1. The van der Waals surface area contributed by atoms with E-state index in [1.165, 1.54) is 12.8 Å². The minimum absolute atomic E-state index is 0.0968. The van der Waals surface area contributed by atoms with E-state index in [1.807, 2.05) is 32.0 Å². The molecule has 3 rings (SSSR count). The van der Waals surface area contributed by atoms with Gasteiger partial charge in [0.1, 0.15) is 5.75 Å². The molecule has 1 saturated carbocycles. The number of likely N-dealkylation sites (tertiary alicyclic amines) is 1. The van der Waals surface area contributed by atoms with Crippen molar-refractivity contribution in [3.05, 3.63) is 29.8 Å². The van der Waals surface area contributed by atoms with Gasteiger partial charge in [-0.05, 0) is 56.6 Å². The third kappa shape index (κ3) is 4.42. The Morgan fingerprint density at radius 3 is 2.72 bits per heavy atom. The largest absolute Gasteiger partial charge is 0.497 e. The first-order valence-corrected chi connectivity index (χ1v) is 9.38. The molecule has 25 heavy (non-hydrogen) atoms. The highest BCUT2D eigenvalue weighted by Gasteiger charge is 2.40. The molecule has 1 aromatic carbocycles. The first kappa shape index (κ1) is 18.0. The first-order chi connectivity index (χ1) is 12.0. The van der Waals surface area contributed by atoms with Crippen molar-refractivity contribution in [2.24, 2.45) is 5.92 Å². The van der Waals surface area contributed by atoms with Crippen molar-refractivity contribution in [2.75, 3.05) is 20.2 Å². The molecular weight excluding hydrogens is 334 g/mol. The smallest absolute Gasteiger partial charge is 0.225 e. The van der Waals surface area contributed by atoms with Crippen molar-refractivity contribution in [1.29, 1.82) is 0 Å². The summed E-state index contributed by atoms with van der Waals surface area (Å²) in [5.74, 6) is 0.901. The summed E-state index contributed by atoms with van der Waals surface area (Å²) in [7, 11) is 1.66. The maximum Gasteiger partial charge on any atom is 0.225 e. The molecule has 1 amide bonds. The predicted molar refractivity (Wildman–Crippen MR) is 103 cm³/mol. The quantitative estimate of drug-likeness (QED) is 0.788. The van der Waals surface area contributed by atoms with Crippen molar-refractivity contribution in [3.63, 3.8) is 0 Å². The molecule has 0 radical (unpaired) electrons. The lowest BCUT2D eigenvalue weighted by Gasteiger charge is -2.20. The molecule has 5 nitrogen and oxygen atoms in total. The number of rotatable bonds is 5. The molecule has 0 bridgehead atoms. The fraction of sp³-hybridized carbons (Fsp3) is 0.579. The molecule has 2 unspecified atom stereocenters. The average molecular weight is 362 g/mol. The van der Waals surface area contributed by atoms with E-state index < -0.39 is 0 Å². The molecule has 1 aliphatic heterocycles. The third-order valence-electron chi connectivity index (χ3n) is 4.80. The van der Waals surface area contributed by atoms with E-state index >= 15 is 0 Å². The highest BCUT2D eigenvalue weighted by atomic mass is 32.1. The van der Waals surface area contributed by atoms with Gasteiger partial charge in [0.05, 0.1) is 13.0 Å². The van der Waals surface area contributed by atoms with Crippen molar-refractivity contribution in [3.8, 4) is 5.75 Å². The van der Waals surface area contributed by atoms with E-state index in [4.69, 9.17) is 17.0 Å². The molecule has 2 aliphatic rings. The molecule has 2 atom stereocenters. The van der Waals surface area contributed by atoms with E-state index in [0.29, 0.717) is 12.6 Å². The van der Waals surface area contributed by atoms with Crippen LogP contribution in [0.2, 0.25) is 0 Å². The van der Waals surface area contributed by atoms with Gasteiger partial charge in [-0.15, -0.1) is 0 Å². The number of carbonyl (C=O) groups is 1. The zero-order valence-electron chi connectivity index (χ0n) is 15.1. The van der Waals surface area contributed by atoms with Gasteiger partial charge in [-0.25, -0.2) is 0 Å². The Morgan fingerprint density at radius 2 is 2.08 bits per heavy atom. The summed E-state index contributed by atoms with van der Waals surface area (Å²) < 4.78 is 5.36. The van der Waals surface area contributed by atoms with Gasteiger partial charge < -0.3 is 20.3 Å².